The largest absolute Gasteiger partial charge is 0.333 e. The molecule has 1 heterocycles. The Kier molecular flexibility index (Phi) is 1.96. The molecule has 16 heavy (non-hydrogen) atoms. The van der Waals surface area contributed by atoms with Gasteiger partial charge in [-0.2, -0.15) is 0 Å². The Morgan fingerprint density at radius 3 is 2.88 bits per heavy atom. The topological polar surface area (TPSA) is 17.8 Å². The van der Waals surface area contributed by atoms with Crippen molar-refractivity contribution in [3.8, 4) is 0 Å². The summed E-state index contributed by atoms with van der Waals surface area (Å²) in [7, 11) is 2.04. The second-order valence-electron chi connectivity index (χ2n) is 4.20. The molecule has 0 radical (unpaired) electrons. The standard InChI is InChI=1S/C14H14N2/c1-3-10-4-6-12-11(8-10)5-7-13-14(12)16(2)9-15-13/h4-9H,3H2,1-2H3. The van der Waals surface area contributed by atoms with Crippen molar-refractivity contribution in [1.29, 1.82) is 0 Å². The molecule has 0 saturated heterocycles. The van der Waals surface area contributed by atoms with E-state index in [9.17, 15) is 0 Å². The van der Waals surface area contributed by atoms with Crippen LogP contribution in [0.3, 0.4) is 0 Å². The summed E-state index contributed by atoms with van der Waals surface area (Å²) in [5.74, 6) is 0. The summed E-state index contributed by atoms with van der Waals surface area (Å²) in [5.41, 5.74) is 3.67. The fourth-order valence-corrected chi connectivity index (χ4v) is 2.25. The molecule has 0 aliphatic heterocycles. The van der Waals surface area contributed by atoms with Crippen molar-refractivity contribution in [2.45, 2.75) is 13.3 Å². The van der Waals surface area contributed by atoms with E-state index in [4.69, 9.17) is 0 Å². The van der Waals surface area contributed by atoms with Crippen LogP contribution >= 0.6 is 0 Å². The lowest BCUT2D eigenvalue weighted by Crippen LogP contribution is -1.87. The fourth-order valence-electron chi connectivity index (χ4n) is 2.25. The van der Waals surface area contributed by atoms with Crippen molar-refractivity contribution in [1.82, 2.24) is 9.55 Å². The zero-order valence-electron chi connectivity index (χ0n) is 9.57. The van der Waals surface area contributed by atoms with Gasteiger partial charge in [-0.25, -0.2) is 4.98 Å². The van der Waals surface area contributed by atoms with Gasteiger partial charge in [-0.3, -0.25) is 0 Å². The number of benzene rings is 2. The van der Waals surface area contributed by atoms with E-state index in [1.165, 1.54) is 21.9 Å². The molecule has 80 valence electrons. The first-order chi connectivity index (χ1) is 7.79. The third-order valence-electron chi connectivity index (χ3n) is 3.17. The average Bonchev–Trinajstić information content (AvgIpc) is 2.70. The van der Waals surface area contributed by atoms with E-state index in [2.05, 4.69) is 46.8 Å². The zero-order valence-corrected chi connectivity index (χ0v) is 9.57. The maximum atomic E-state index is 4.37. The molecule has 0 aliphatic carbocycles. The van der Waals surface area contributed by atoms with Gasteiger partial charge in [0.25, 0.3) is 0 Å². The summed E-state index contributed by atoms with van der Waals surface area (Å²) < 4.78 is 2.09. The summed E-state index contributed by atoms with van der Waals surface area (Å²) in [5, 5.41) is 2.59. The molecule has 2 aromatic carbocycles. The Bertz CT molecular complexity index is 665. The molecular formula is C14H14N2. The molecule has 0 aliphatic rings. The van der Waals surface area contributed by atoms with E-state index in [0.29, 0.717) is 0 Å². The van der Waals surface area contributed by atoms with Crippen molar-refractivity contribution in [2.75, 3.05) is 0 Å². The molecule has 0 atom stereocenters. The molecule has 2 heteroatoms. The van der Waals surface area contributed by atoms with Gasteiger partial charge in [0.2, 0.25) is 0 Å². The van der Waals surface area contributed by atoms with Crippen LogP contribution in [-0.4, -0.2) is 9.55 Å². The number of aromatic nitrogens is 2. The van der Waals surface area contributed by atoms with Gasteiger partial charge in [0.05, 0.1) is 17.4 Å². The van der Waals surface area contributed by atoms with Crippen LogP contribution in [0.25, 0.3) is 21.8 Å². The Balaban J connectivity index is 2.46. The van der Waals surface area contributed by atoms with E-state index in [1.54, 1.807) is 0 Å². The first-order valence-electron chi connectivity index (χ1n) is 5.62. The number of hydrogen-bond acceptors (Lipinski definition) is 1. The van der Waals surface area contributed by atoms with E-state index in [-0.39, 0.29) is 0 Å². The molecule has 3 aromatic rings. The van der Waals surface area contributed by atoms with Crippen LogP contribution in [0.5, 0.6) is 0 Å². The second kappa shape index (κ2) is 3.34. The third-order valence-corrected chi connectivity index (χ3v) is 3.17. The highest BCUT2D eigenvalue weighted by Gasteiger charge is 2.04. The molecule has 0 spiro atoms. The van der Waals surface area contributed by atoms with E-state index >= 15 is 0 Å². The van der Waals surface area contributed by atoms with Crippen LogP contribution in [0.4, 0.5) is 0 Å². The first kappa shape index (κ1) is 9.40. The minimum atomic E-state index is 1.07. The van der Waals surface area contributed by atoms with Crippen molar-refractivity contribution in [3.63, 3.8) is 0 Å². The smallest absolute Gasteiger partial charge is 0.0955 e. The van der Waals surface area contributed by atoms with Gasteiger partial charge in [-0.15, -0.1) is 0 Å². The van der Waals surface area contributed by atoms with Crippen LogP contribution in [-0.2, 0) is 13.5 Å². The van der Waals surface area contributed by atoms with Crippen LogP contribution in [0.2, 0.25) is 0 Å². The van der Waals surface area contributed by atoms with Crippen LogP contribution in [0.15, 0.2) is 36.7 Å². The Labute approximate surface area is 94.5 Å². The lowest BCUT2D eigenvalue weighted by Gasteiger charge is -2.04. The highest BCUT2D eigenvalue weighted by molar-refractivity contribution is 6.04. The van der Waals surface area contributed by atoms with Crippen LogP contribution in [0, 0.1) is 0 Å². The Morgan fingerprint density at radius 1 is 1.19 bits per heavy atom. The van der Waals surface area contributed by atoms with E-state index < -0.39 is 0 Å². The monoisotopic (exact) mass is 210 g/mol. The molecule has 0 N–H and O–H groups in total. The van der Waals surface area contributed by atoms with Gasteiger partial charge in [0.15, 0.2) is 0 Å². The second-order valence-corrected chi connectivity index (χ2v) is 4.20. The molecule has 0 unspecified atom stereocenters. The maximum absolute atomic E-state index is 4.37. The van der Waals surface area contributed by atoms with Gasteiger partial charge in [0, 0.05) is 12.4 Å². The van der Waals surface area contributed by atoms with Crippen molar-refractivity contribution < 1.29 is 0 Å². The minimum Gasteiger partial charge on any atom is -0.333 e. The average molecular weight is 210 g/mol. The maximum Gasteiger partial charge on any atom is 0.0955 e. The summed E-state index contributed by atoms with van der Waals surface area (Å²) in [6.45, 7) is 2.18. The molecule has 1 aromatic heterocycles. The van der Waals surface area contributed by atoms with Crippen molar-refractivity contribution >= 4 is 21.8 Å². The number of fused-ring (bicyclic) bond motifs is 3. The zero-order chi connectivity index (χ0) is 11.1. The third kappa shape index (κ3) is 1.23. The first-order valence-corrected chi connectivity index (χ1v) is 5.62. The van der Waals surface area contributed by atoms with Gasteiger partial charge in [0.1, 0.15) is 0 Å². The highest BCUT2D eigenvalue weighted by Crippen LogP contribution is 2.25. The Morgan fingerprint density at radius 2 is 2.06 bits per heavy atom. The highest BCUT2D eigenvalue weighted by atomic mass is 15.0. The summed E-state index contributed by atoms with van der Waals surface area (Å²) in [4.78, 5) is 4.37. The van der Waals surface area contributed by atoms with E-state index in [1.807, 2.05) is 13.4 Å². The van der Waals surface area contributed by atoms with Gasteiger partial charge in [-0.05, 0) is 23.4 Å². The Hall–Kier alpha value is -1.83. The van der Waals surface area contributed by atoms with Crippen LogP contribution < -0.4 is 0 Å². The quantitative estimate of drug-likeness (QED) is 0.602. The molecule has 0 amide bonds. The molecule has 0 fully saturated rings. The molecule has 0 saturated carbocycles. The number of imidazole rings is 1. The summed E-state index contributed by atoms with van der Waals surface area (Å²) in [6.07, 6.45) is 2.96. The molecule has 2 nitrogen and oxygen atoms in total. The number of hydrogen-bond donors (Lipinski definition) is 0. The van der Waals surface area contributed by atoms with Gasteiger partial charge >= 0.3 is 0 Å². The normalized spacial score (nSPS) is 11.4. The summed E-state index contributed by atoms with van der Waals surface area (Å²) in [6, 6.07) is 10.9. The molecular weight excluding hydrogens is 196 g/mol. The predicted octanol–water partition coefficient (Wildman–Crippen LogP) is 3.29. The lowest BCUT2D eigenvalue weighted by atomic mass is 10.0. The minimum absolute atomic E-state index is 1.07. The fraction of sp³-hybridized carbons (Fsp3) is 0.214. The SMILES string of the molecule is CCc1ccc2c(ccc3ncn(C)c32)c1. The van der Waals surface area contributed by atoms with Crippen molar-refractivity contribution in [3.05, 3.63) is 42.2 Å². The van der Waals surface area contributed by atoms with E-state index in [0.717, 1.165) is 11.9 Å². The molecule has 0 bridgehead atoms. The molecule has 3 rings (SSSR count). The number of rotatable bonds is 1. The number of nitrogens with zero attached hydrogens (tertiary/aromatic N) is 2. The number of aryl methyl sites for hydroxylation is 2. The lowest BCUT2D eigenvalue weighted by molar-refractivity contribution is 0.951. The van der Waals surface area contributed by atoms with Gasteiger partial charge < -0.3 is 4.57 Å². The van der Waals surface area contributed by atoms with Crippen LogP contribution in [0.1, 0.15) is 12.5 Å². The summed E-state index contributed by atoms with van der Waals surface area (Å²) >= 11 is 0. The predicted molar refractivity (Wildman–Crippen MR) is 67.6 cm³/mol. The van der Waals surface area contributed by atoms with Gasteiger partial charge in [-0.1, -0.05) is 31.2 Å². The van der Waals surface area contributed by atoms with Crippen molar-refractivity contribution in [2.24, 2.45) is 7.05 Å².